The molecule has 1 aliphatic heterocycles. The van der Waals surface area contributed by atoms with Gasteiger partial charge in [-0.15, -0.1) is 0 Å². The highest BCUT2D eigenvalue weighted by Gasteiger charge is 2.37. The third-order valence-electron chi connectivity index (χ3n) is 5.81. The maximum Gasteiger partial charge on any atom is 0.247 e. The standard InChI is InChI=1S/C26H24N4O3S/c1-33-22-15-13-19(14-16-22)24-17-25(30(27-24)34(2,31)32)23-18-29(21-11-7-4-8-12-21)28-26(23)20-9-5-3-6-10-20/h3-16,18,25H,17H2,1-2H3/t25-/m0/s1. The van der Waals surface area contributed by atoms with E-state index in [4.69, 9.17) is 9.84 Å². The van der Waals surface area contributed by atoms with E-state index < -0.39 is 16.1 Å². The number of benzene rings is 3. The Morgan fingerprint density at radius 2 is 1.53 bits per heavy atom. The maximum atomic E-state index is 12.8. The molecule has 0 saturated heterocycles. The Kier molecular flexibility index (Phi) is 5.67. The number of hydrogen-bond donors (Lipinski definition) is 0. The first kappa shape index (κ1) is 21.9. The third kappa shape index (κ3) is 4.20. The second-order valence-electron chi connectivity index (χ2n) is 8.11. The zero-order chi connectivity index (χ0) is 23.7. The molecule has 3 aromatic carbocycles. The average Bonchev–Trinajstić information content (AvgIpc) is 3.50. The van der Waals surface area contributed by atoms with Crippen molar-refractivity contribution in [1.29, 1.82) is 0 Å². The molecule has 0 saturated carbocycles. The van der Waals surface area contributed by atoms with Crippen LogP contribution in [0.3, 0.4) is 0 Å². The van der Waals surface area contributed by atoms with Crippen LogP contribution in [0.5, 0.6) is 5.75 Å². The summed E-state index contributed by atoms with van der Waals surface area (Å²) in [6, 6.07) is 26.5. The fourth-order valence-electron chi connectivity index (χ4n) is 4.15. The van der Waals surface area contributed by atoms with Gasteiger partial charge in [-0.2, -0.15) is 14.6 Å². The molecule has 2 heterocycles. The lowest BCUT2D eigenvalue weighted by Gasteiger charge is -2.21. The highest BCUT2D eigenvalue weighted by Crippen LogP contribution is 2.39. The van der Waals surface area contributed by atoms with Gasteiger partial charge in [-0.25, -0.2) is 13.1 Å². The smallest absolute Gasteiger partial charge is 0.247 e. The van der Waals surface area contributed by atoms with E-state index in [2.05, 4.69) is 5.10 Å². The van der Waals surface area contributed by atoms with E-state index in [0.717, 1.165) is 33.8 Å². The molecule has 1 aromatic heterocycles. The monoisotopic (exact) mass is 472 g/mol. The van der Waals surface area contributed by atoms with Crippen LogP contribution in [0.2, 0.25) is 0 Å². The van der Waals surface area contributed by atoms with Crippen molar-refractivity contribution >= 4 is 15.7 Å². The Morgan fingerprint density at radius 1 is 0.882 bits per heavy atom. The van der Waals surface area contributed by atoms with Crippen LogP contribution >= 0.6 is 0 Å². The molecule has 7 nitrogen and oxygen atoms in total. The number of ether oxygens (including phenoxy) is 1. The molecule has 0 bridgehead atoms. The Hall–Kier alpha value is -3.91. The minimum absolute atomic E-state index is 0.430. The lowest BCUT2D eigenvalue weighted by molar-refractivity contribution is 0.375. The Bertz CT molecular complexity index is 1430. The molecule has 0 N–H and O–H groups in total. The molecule has 8 heteroatoms. The first-order valence-corrected chi connectivity index (χ1v) is 12.7. The van der Waals surface area contributed by atoms with E-state index in [1.807, 2.05) is 91.1 Å². The van der Waals surface area contributed by atoms with Gasteiger partial charge in [0.05, 0.1) is 36.5 Å². The average molecular weight is 473 g/mol. The second-order valence-corrected chi connectivity index (χ2v) is 9.95. The highest BCUT2D eigenvalue weighted by molar-refractivity contribution is 7.88. The molecule has 0 aliphatic carbocycles. The van der Waals surface area contributed by atoms with Gasteiger partial charge in [0.2, 0.25) is 10.0 Å². The molecule has 1 atom stereocenters. The molecule has 0 unspecified atom stereocenters. The van der Waals surface area contributed by atoms with Crippen LogP contribution in [0, 0.1) is 0 Å². The Labute approximate surface area is 199 Å². The minimum Gasteiger partial charge on any atom is -0.497 e. The summed E-state index contributed by atoms with van der Waals surface area (Å²) in [6.45, 7) is 0. The van der Waals surface area contributed by atoms with E-state index >= 15 is 0 Å². The van der Waals surface area contributed by atoms with Gasteiger partial charge in [-0.05, 0) is 42.0 Å². The van der Waals surface area contributed by atoms with Crippen molar-refractivity contribution in [3.8, 4) is 22.7 Å². The topological polar surface area (TPSA) is 76.8 Å². The van der Waals surface area contributed by atoms with Crippen molar-refractivity contribution in [2.45, 2.75) is 12.5 Å². The summed E-state index contributed by atoms with van der Waals surface area (Å²) < 4.78 is 33.8. The van der Waals surface area contributed by atoms with Gasteiger partial charge in [0.1, 0.15) is 5.75 Å². The van der Waals surface area contributed by atoms with Gasteiger partial charge < -0.3 is 4.74 Å². The molecule has 4 aromatic rings. The summed E-state index contributed by atoms with van der Waals surface area (Å²) in [4.78, 5) is 0. The molecule has 0 fully saturated rings. The molecule has 5 rings (SSSR count). The van der Waals surface area contributed by atoms with Gasteiger partial charge in [-0.1, -0.05) is 48.5 Å². The fourth-order valence-corrected chi connectivity index (χ4v) is 5.05. The number of nitrogens with zero attached hydrogens (tertiary/aromatic N) is 4. The van der Waals surface area contributed by atoms with Crippen LogP contribution in [0.4, 0.5) is 0 Å². The maximum absolute atomic E-state index is 12.8. The number of hydrogen-bond acceptors (Lipinski definition) is 5. The van der Waals surface area contributed by atoms with Crippen molar-refractivity contribution in [3.63, 3.8) is 0 Å². The molecule has 34 heavy (non-hydrogen) atoms. The number of hydrazone groups is 1. The molecular weight excluding hydrogens is 448 g/mol. The van der Waals surface area contributed by atoms with Crippen molar-refractivity contribution in [3.05, 3.63) is 102 Å². The van der Waals surface area contributed by atoms with Crippen LogP contribution in [-0.4, -0.2) is 41.7 Å². The molecule has 0 spiro atoms. The number of methoxy groups -OCH3 is 1. The quantitative estimate of drug-likeness (QED) is 0.409. The molecule has 1 aliphatic rings. The predicted octanol–water partition coefficient (Wildman–Crippen LogP) is 4.66. The van der Waals surface area contributed by atoms with E-state index in [9.17, 15) is 8.42 Å². The number of para-hydroxylation sites is 1. The minimum atomic E-state index is -3.62. The van der Waals surface area contributed by atoms with Crippen LogP contribution in [0.15, 0.2) is 96.2 Å². The first-order chi connectivity index (χ1) is 16.4. The summed E-state index contributed by atoms with van der Waals surface area (Å²) in [7, 11) is -2.01. The van der Waals surface area contributed by atoms with E-state index in [0.29, 0.717) is 12.1 Å². The van der Waals surface area contributed by atoms with Gasteiger partial charge in [-0.3, -0.25) is 0 Å². The van der Waals surface area contributed by atoms with E-state index in [-0.39, 0.29) is 0 Å². The van der Waals surface area contributed by atoms with Gasteiger partial charge >= 0.3 is 0 Å². The van der Waals surface area contributed by atoms with Gasteiger partial charge in [0.25, 0.3) is 0 Å². The zero-order valence-corrected chi connectivity index (χ0v) is 19.7. The molecule has 0 amide bonds. The van der Waals surface area contributed by atoms with Crippen molar-refractivity contribution in [2.75, 3.05) is 13.4 Å². The zero-order valence-electron chi connectivity index (χ0n) is 18.9. The Balaban J connectivity index is 1.62. The summed E-state index contributed by atoms with van der Waals surface area (Å²) >= 11 is 0. The predicted molar refractivity (Wildman–Crippen MR) is 133 cm³/mol. The molecule has 172 valence electrons. The van der Waals surface area contributed by atoms with Crippen molar-refractivity contribution in [1.82, 2.24) is 14.2 Å². The summed E-state index contributed by atoms with van der Waals surface area (Å²) in [6.07, 6.45) is 3.52. The van der Waals surface area contributed by atoms with Crippen molar-refractivity contribution < 1.29 is 13.2 Å². The number of sulfonamides is 1. The SMILES string of the molecule is COc1ccc(C2=NN(S(C)(=O)=O)[C@H](c3cn(-c4ccccc4)nc3-c3ccccc3)C2)cc1. The Morgan fingerprint density at radius 3 is 2.15 bits per heavy atom. The normalized spacial score (nSPS) is 15.9. The van der Waals surface area contributed by atoms with Gasteiger partial charge in [0.15, 0.2) is 0 Å². The fraction of sp³-hybridized carbons (Fsp3) is 0.154. The van der Waals surface area contributed by atoms with E-state index in [1.165, 1.54) is 10.7 Å². The van der Waals surface area contributed by atoms with Crippen LogP contribution in [0.25, 0.3) is 16.9 Å². The van der Waals surface area contributed by atoms with Crippen molar-refractivity contribution in [2.24, 2.45) is 5.10 Å². The van der Waals surface area contributed by atoms with Gasteiger partial charge in [0, 0.05) is 23.7 Å². The lowest BCUT2D eigenvalue weighted by Crippen LogP contribution is -2.26. The largest absolute Gasteiger partial charge is 0.497 e. The number of aromatic nitrogens is 2. The lowest BCUT2D eigenvalue weighted by atomic mass is 9.97. The molecular formula is C26H24N4O3S. The van der Waals surface area contributed by atoms with E-state index in [1.54, 1.807) is 11.8 Å². The first-order valence-electron chi connectivity index (χ1n) is 10.9. The highest BCUT2D eigenvalue weighted by atomic mass is 32.2. The summed E-state index contributed by atoms with van der Waals surface area (Å²) in [5.41, 5.74) is 4.89. The number of rotatable bonds is 6. The van der Waals surface area contributed by atoms with Crippen LogP contribution in [-0.2, 0) is 10.0 Å². The third-order valence-corrected chi connectivity index (χ3v) is 6.82. The second kappa shape index (κ2) is 8.79. The molecule has 0 radical (unpaired) electrons. The van der Waals surface area contributed by atoms with Crippen LogP contribution in [0.1, 0.15) is 23.6 Å². The van der Waals surface area contributed by atoms with Crippen LogP contribution < -0.4 is 4.74 Å². The summed E-state index contributed by atoms with van der Waals surface area (Å²) in [5.74, 6) is 0.731. The summed E-state index contributed by atoms with van der Waals surface area (Å²) in [5, 5.41) is 9.40.